The molecule has 2 saturated heterocycles. The maximum Gasteiger partial charge on any atom is 0.247 e. The maximum atomic E-state index is 13.4. The lowest BCUT2D eigenvalue weighted by molar-refractivity contribution is -0.156. The van der Waals surface area contributed by atoms with Crippen molar-refractivity contribution in [1.29, 1.82) is 0 Å². The second-order valence-electron chi connectivity index (χ2n) is 8.26. The number of ether oxygens (including phenoxy) is 2. The van der Waals surface area contributed by atoms with E-state index in [1.807, 2.05) is 60.4 Å². The molecule has 1 N–H and O–H groups in total. The largest absolute Gasteiger partial charge is 0.497 e. The molecule has 4 unspecified atom stereocenters. The van der Waals surface area contributed by atoms with Crippen LogP contribution in [0.15, 0.2) is 48.5 Å². The summed E-state index contributed by atoms with van der Waals surface area (Å²) in [6, 6.07) is 14.9. The minimum absolute atomic E-state index is 0.0398. The van der Waals surface area contributed by atoms with Crippen molar-refractivity contribution in [1.82, 2.24) is 10.2 Å². The van der Waals surface area contributed by atoms with Crippen molar-refractivity contribution in [2.75, 3.05) is 13.7 Å². The van der Waals surface area contributed by atoms with Gasteiger partial charge in [-0.1, -0.05) is 30.3 Å². The molecule has 2 aromatic carbocycles. The summed E-state index contributed by atoms with van der Waals surface area (Å²) in [5, 5.41) is 2.90. The van der Waals surface area contributed by atoms with E-state index in [2.05, 4.69) is 5.32 Å². The fraction of sp³-hybridized carbons (Fsp3) is 0.391. The van der Waals surface area contributed by atoms with Gasteiger partial charge in [0.25, 0.3) is 0 Å². The first-order chi connectivity index (χ1) is 14.0. The number of rotatable bonds is 2. The number of methoxy groups -OCH3 is 1. The third-order valence-corrected chi connectivity index (χ3v) is 6.76. The van der Waals surface area contributed by atoms with Crippen LogP contribution in [0.3, 0.4) is 0 Å². The molecule has 3 aliphatic rings. The molecular formula is C23H24N2O4. The third-order valence-electron chi connectivity index (χ3n) is 6.76. The van der Waals surface area contributed by atoms with Crippen molar-refractivity contribution in [2.24, 2.45) is 5.92 Å². The van der Waals surface area contributed by atoms with E-state index in [0.717, 1.165) is 16.9 Å². The third kappa shape index (κ3) is 2.35. The summed E-state index contributed by atoms with van der Waals surface area (Å²) < 4.78 is 11.5. The topological polar surface area (TPSA) is 67.9 Å². The number of benzene rings is 2. The Kier molecular flexibility index (Phi) is 3.88. The molecule has 2 aromatic rings. The molecule has 2 fully saturated rings. The van der Waals surface area contributed by atoms with Crippen LogP contribution in [-0.2, 0) is 9.59 Å². The number of amides is 2. The lowest BCUT2D eigenvalue weighted by Crippen LogP contribution is -2.68. The zero-order chi connectivity index (χ0) is 20.3. The van der Waals surface area contributed by atoms with Gasteiger partial charge >= 0.3 is 0 Å². The smallest absolute Gasteiger partial charge is 0.247 e. The van der Waals surface area contributed by atoms with Gasteiger partial charge in [0.15, 0.2) is 0 Å². The molecule has 6 nitrogen and oxygen atoms in total. The van der Waals surface area contributed by atoms with Crippen LogP contribution in [0.5, 0.6) is 11.5 Å². The average Bonchev–Trinajstić information content (AvgIpc) is 3.02. The Hall–Kier alpha value is -3.02. The molecule has 5 atom stereocenters. The van der Waals surface area contributed by atoms with Crippen LogP contribution in [0, 0.1) is 5.92 Å². The molecule has 2 amide bonds. The van der Waals surface area contributed by atoms with Crippen molar-refractivity contribution < 1.29 is 19.1 Å². The van der Waals surface area contributed by atoms with Gasteiger partial charge in [-0.3, -0.25) is 9.59 Å². The highest BCUT2D eigenvalue weighted by atomic mass is 16.5. The number of hydrogen-bond donors (Lipinski definition) is 1. The van der Waals surface area contributed by atoms with Crippen LogP contribution in [-0.4, -0.2) is 42.0 Å². The maximum absolute atomic E-state index is 13.4. The number of carbonyl (C=O) groups is 2. The molecular weight excluding hydrogens is 368 g/mol. The first kappa shape index (κ1) is 18.0. The van der Waals surface area contributed by atoms with E-state index in [1.165, 1.54) is 0 Å². The average molecular weight is 392 g/mol. The Balaban J connectivity index is 1.74. The van der Waals surface area contributed by atoms with Crippen molar-refractivity contribution in [3.63, 3.8) is 0 Å². The predicted octanol–water partition coefficient (Wildman–Crippen LogP) is 2.65. The zero-order valence-electron chi connectivity index (χ0n) is 16.7. The Labute approximate surface area is 169 Å². The van der Waals surface area contributed by atoms with Gasteiger partial charge in [0, 0.05) is 17.4 Å². The van der Waals surface area contributed by atoms with Crippen LogP contribution >= 0.6 is 0 Å². The summed E-state index contributed by atoms with van der Waals surface area (Å²) in [7, 11) is 1.62. The normalized spacial score (nSPS) is 32.6. The van der Waals surface area contributed by atoms with Crippen molar-refractivity contribution >= 4 is 11.8 Å². The van der Waals surface area contributed by atoms with Gasteiger partial charge in [0.2, 0.25) is 11.8 Å². The lowest BCUT2D eigenvalue weighted by atomic mass is 9.73. The van der Waals surface area contributed by atoms with Gasteiger partial charge in [-0.25, -0.2) is 0 Å². The summed E-state index contributed by atoms with van der Waals surface area (Å²) in [5.41, 5.74) is 0.953. The van der Waals surface area contributed by atoms with E-state index in [4.69, 9.17) is 9.47 Å². The molecule has 0 saturated carbocycles. The molecule has 29 heavy (non-hydrogen) atoms. The highest BCUT2D eigenvalue weighted by molar-refractivity contribution is 6.01. The fourth-order valence-corrected chi connectivity index (χ4v) is 5.45. The van der Waals surface area contributed by atoms with Gasteiger partial charge in [-0.05, 0) is 37.6 Å². The van der Waals surface area contributed by atoms with E-state index >= 15 is 0 Å². The van der Waals surface area contributed by atoms with Crippen LogP contribution in [0.1, 0.15) is 36.9 Å². The molecule has 0 aliphatic carbocycles. The number of nitrogens with zero attached hydrogens (tertiary/aromatic N) is 1. The van der Waals surface area contributed by atoms with Crippen LogP contribution in [0.4, 0.5) is 0 Å². The Morgan fingerprint density at radius 3 is 2.66 bits per heavy atom. The zero-order valence-corrected chi connectivity index (χ0v) is 16.7. The minimum atomic E-state index is -0.992. The van der Waals surface area contributed by atoms with Gasteiger partial charge in [-0.15, -0.1) is 0 Å². The van der Waals surface area contributed by atoms with Crippen molar-refractivity contribution in [2.45, 2.75) is 37.4 Å². The minimum Gasteiger partial charge on any atom is -0.497 e. The van der Waals surface area contributed by atoms with Gasteiger partial charge in [-0.2, -0.15) is 0 Å². The van der Waals surface area contributed by atoms with Crippen molar-refractivity contribution in [3.05, 3.63) is 59.7 Å². The first-order valence-corrected chi connectivity index (χ1v) is 9.96. The molecule has 0 radical (unpaired) electrons. The van der Waals surface area contributed by atoms with Gasteiger partial charge < -0.3 is 19.7 Å². The Morgan fingerprint density at radius 2 is 1.93 bits per heavy atom. The van der Waals surface area contributed by atoms with Crippen LogP contribution < -0.4 is 14.8 Å². The van der Waals surface area contributed by atoms with E-state index in [9.17, 15) is 9.59 Å². The lowest BCUT2D eigenvalue weighted by Gasteiger charge is -2.45. The fourth-order valence-electron chi connectivity index (χ4n) is 5.45. The molecule has 0 spiro atoms. The molecule has 3 aliphatic heterocycles. The first-order valence-electron chi connectivity index (χ1n) is 9.96. The summed E-state index contributed by atoms with van der Waals surface area (Å²) in [6.07, 6.45) is 0. The molecule has 5 rings (SSSR count). The van der Waals surface area contributed by atoms with E-state index in [0.29, 0.717) is 12.4 Å². The summed E-state index contributed by atoms with van der Waals surface area (Å²) in [5.74, 6) is 1.06. The van der Waals surface area contributed by atoms with Gasteiger partial charge in [0.05, 0.1) is 19.8 Å². The molecule has 6 heteroatoms. The standard InChI is InChI=1S/C23H24N2O4/c1-13-21(26)25-20-16-11-15(28-3)9-10-18(16)29-12-17(20)19(14-7-5-4-6-8-14)23(25,2)22(27)24-13/h4-11,13,17,19-20H,12H2,1-3H3,(H,24,27)/t13?,17?,19?,20?,23-/m1/s1. The monoisotopic (exact) mass is 392 g/mol. The SMILES string of the molecule is COc1ccc2c(c1)C1C(CO2)C(c2ccccc2)[C@]2(C)C(=O)NC(C)C(=O)N12. The summed E-state index contributed by atoms with van der Waals surface area (Å²) in [4.78, 5) is 28.6. The van der Waals surface area contributed by atoms with Crippen LogP contribution in [0.2, 0.25) is 0 Å². The number of carbonyl (C=O) groups excluding carboxylic acids is 2. The van der Waals surface area contributed by atoms with Gasteiger partial charge in [0.1, 0.15) is 23.1 Å². The Bertz CT molecular complexity index is 992. The number of fused-ring (bicyclic) bond motifs is 5. The second-order valence-corrected chi connectivity index (χ2v) is 8.26. The summed E-state index contributed by atoms with van der Waals surface area (Å²) >= 11 is 0. The molecule has 0 bridgehead atoms. The van der Waals surface area contributed by atoms with E-state index in [1.54, 1.807) is 14.0 Å². The molecule has 150 valence electrons. The Morgan fingerprint density at radius 1 is 1.17 bits per heavy atom. The number of nitrogens with one attached hydrogen (secondary N) is 1. The van der Waals surface area contributed by atoms with E-state index < -0.39 is 11.6 Å². The number of hydrogen-bond acceptors (Lipinski definition) is 4. The number of piperazine rings is 1. The summed E-state index contributed by atoms with van der Waals surface area (Å²) in [6.45, 7) is 4.09. The molecule has 0 aromatic heterocycles. The quantitative estimate of drug-likeness (QED) is 0.853. The predicted molar refractivity (Wildman–Crippen MR) is 107 cm³/mol. The highest BCUT2D eigenvalue weighted by Gasteiger charge is 2.66. The molecule has 3 heterocycles. The highest BCUT2D eigenvalue weighted by Crippen LogP contribution is 2.59. The second kappa shape index (κ2) is 6.24. The van der Waals surface area contributed by atoms with E-state index in [-0.39, 0.29) is 29.7 Å². The van der Waals surface area contributed by atoms with Crippen molar-refractivity contribution in [3.8, 4) is 11.5 Å². The van der Waals surface area contributed by atoms with Crippen LogP contribution in [0.25, 0.3) is 0 Å².